The summed E-state index contributed by atoms with van der Waals surface area (Å²) in [5.74, 6) is -1.40. The van der Waals surface area contributed by atoms with E-state index in [0.29, 0.717) is 12.2 Å². The summed E-state index contributed by atoms with van der Waals surface area (Å²) in [5.41, 5.74) is 1.06. The minimum absolute atomic E-state index is 0.0462. The third-order valence-corrected chi connectivity index (χ3v) is 3.95. The van der Waals surface area contributed by atoms with Gasteiger partial charge < -0.3 is 9.84 Å². The van der Waals surface area contributed by atoms with Gasteiger partial charge in [-0.2, -0.15) is 0 Å². The van der Waals surface area contributed by atoms with E-state index >= 15 is 0 Å². The first-order valence-corrected chi connectivity index (χ1v) is 7.14. The number of esters is 1. The Hall–Kier alpha value is -1.84. The molecule has 1 saturated carbocycles. The Labute approximate surface area is 118 Å². The number of hydrogen-bond acceptors (Lipinski definition) is 3. The molecule has 0 bridgehead atoms. The van der Waals surface area contributed by atoms with E-state index < -0.39 is 5.97 Å². The van der Waals surface area contributed by atoms with Crippen molar-refractivity contribution in [3.8, 4) is 0 Å². The second-order valence-corrected chi connectivity index (χ2v) is 5.14. The second-order valence-electron chi connectivity index (χ2n) is 5.14. The zero-order valence-corrected chi connectivity index (χ0v) is 11.7. The maximum atomic E-state index is 12.1. The van der Waals surface area contributed by atoms with Crippen molar-refractivity contribution in [2.75, 3.05) is 6.61 Å². The SMILES string of the molecule is CCOC(=O)C1CCCCC1c1ccccc1C(=O)O. The van der Waals surface area contributed by atoms with Gasteiger partial charge in [-0.15, -0.1) is 0 Å². The van der Waals surface area contributed by atoms with E-state index in [1.54, 1.807) is 19.1 Å². The molecule has 1 aliphatic carbocycles. The molecule has 1 N–H and O–H groups in total. The van der Waals surface area contributed by atoms with Crippen molar-refractivity contribution in [2.24, 2.45) is 5.92 Å². The van der Waals surface area contributed by atoms with Crippen molar-refractivity contribution in [2.45, 2.75) is 38.5 Å². The van der Waals surface area contributed by atoms with E-state index in [9.17, 15) is 14.7 Å². The number of carbonyl (C=O) groups is 2. The first kappa shape index (κ1) is 14.6. The van der Waals surface area contributed by atoms with E-state index in [-0.39, 0.29) is 17.8 Å². The lowest BCUT2D eigenvalue weighted by molar-refractivity contribution is -0.149. The average Bonchev–Trinajstić information content (AvgIpc) is 2.47. The fourth-order valence-electron chi connectivity index (χ4n) is 3.05. The van der Waals surface area contributed by atoms with E-state index in [1.807, 2.05) is 12.1 Å². The van der Waals surface area contributed by atoms with Gasteiger partial charge in [0.2, 0.25) is 0 Å². The summed E-state index contributed by atoms with van der Waals surface area (Å²) in [4.78, 5) is 23.4. The number of carbonyl (C=O) groups excluding carboxylic acids is 1. The highest BCUT2D eigenvalue weighted by molar-refractivity contribution is 5.90. The highest BCUT2D eigenvalue weighted by atomic mass is 16.5. The standard InChI is InChI=1S/C16H20O4/c1-2-20-16(19)14-10-6-4-8-12(14)11-7-3-5-9-13(11)15(17)18/h3,5,7,9,12,14H,2,4,6,8,10H2,1H3,(H,17,18). The molecule has 0 radical (unpaired) electrons. The van der Waals surface area contributed by atoms with Gasteiger partial charge in [-0.3, -0.25) is 4.79 Å². The zero-order valence-electron chi connectivity index (χ0n) is 11.7. The van der Waals surface area contributed by atoms with Crippen LogP contribution in [-0.4, -0.2) is 23.7 Å². The molecule has 0 saturated heterocycles. The predicted molar refractivity (Wildman–Crippen MR) is 74.7 cm³/mol. The maximum absolute atomic E-state index is 12.1. The largest absolute Gasteiger partial charge is 0.478 e. The number of rotatable bonds is 4. The fourth-order valence-corrected chi connectivity index (χ4v) is 3.05. The number of ether oxygens (including phenoxy) is 1. The predicted octanol–water partition coefficient (Wildman–Crippen LogP) is 3.22. The van der Waals surface area contributed by atoms with Gasteiger partial charge in [-0.05, 0) is 37.3 Å². The van der Waals surface area contributed by atoms with Crippen LogP contribution in [0.25, 0.3) is 0 Å². The van der Waals surface area contributed by atoms with E-state index in [2.05, 4.69) is 0 Å². The Morgan fingerprint density at radius 3 is 2.65 bits per heavy atom. The first-order valence-electron chi connectivity index (χ1n) is 7.14. The summed E-state index contributed by atoms with van der Waals surface area (Å²) in [6.07, 6.45) is 3.63. The van der Waals surface area contributed by atoms with Crippen LogP contribution >= 0.6 is 0 Å². The Morgan fingerprint density at radius 1 is 1.25 bits per heavy atom. The van der Waals surface area contributed by atoms with Crippen molar-refractivity contribution in [3.63, 3.8) is 0 Å². The van der Waals surface area contributed by atoms with Gasteiger partial charge in [0.05, 0.1) is 18.1 Å². The Bertz CT molecular complexity index is 495. The molecule has 1 fully saturated rings. The van der Waals surface area contributed by atoms with Crippen molar-refractivity contribution in [3.05, 3.63) is 35.4 Å². The third kappa shape index (κ3) is 3.00. The number of hydrogen-bond donors (Lipinski definition) is 1. The molecule has 0 aromatic heterocycles. The minimum Gasteiger partial charge on any atom is -0.478 e. The van der Waals surface area contributed by atoms with Gasteiger partial charge in [0.15, 0.2) is 0 Å². The molecule has 0 heterocycles. The van der Waals surface area contributed by atoms with Crippen LogP contribution in [0, 0.1) is 5.92 Å². The van der Waals surface area contributed by atoms with Gasteiger partial charge in [-0.1, -0.05) is 31.0 Å². The third-order valence-electron chi connectivity index (χ3n) is 3.95. The summed E-state index contributed by atoms with van der Waals surface area (Å²) in [5, 5.41) is 9.31. The molecule has 20 heavy (non-hydrogen) atoms. The highest BCUT2D eigenvalue weighted by Crippen LogP contribution is 2.39. The molecule has 0 amide bonds. The van der Waals surface area contributed by atoms with Crippen LogP contribution in [0.15, 0.2) is 24.3 Å². The van der Waals surface area contributed by atoms with Crippen LogP contribution in [0.3, 0.4) is 0 Å². The lowest BCUT2D eigenvalue weighted by Crippen LogP contribution is -2.28. The molecule has 1 aromatic rings. The molecular formula is C16H20O4. The van der Waals surface area contributed by atoms with Crippen LogP contribution in [0.4, 0.5) is 0 Å². The van der Waals surface area contributed by atoms with Gasteiger partial charge in [0.1, 0.15) is 0 Å². The van der Waals surface area contributed by atoms with Crippen LogP contribution in [0.5, 0.6) is 0 Å². The van der Waals surface area contributed by atoms with Gasteiger partial charge in [0.25, 0.3) is 0 Å². The molecule has 2 rings (SSSR count). The molecule has 1 aromatic carbocycles. The van der Waals surface area contributed by atoms with Crippen molar-refractivity contribution < 1.29 is 19.4 Å². The average molecular weight is 276 g/mol. The van der Waals surface area contributed by atoms with Crippen molar-refractivity contribution in [1.82, 2.24) is 0 Å². The molecule has 0 aliphatic heterocycles. The van der Waals surface area contributed by atoms with E-state index in [0.717, 1.165) is 31.2 Å². The van der Waals surface area contributed by atoms with Gasteiger partial charge in [-0.25, -0.2) is 4.79 Å². The highest BCUT2D eigenvalue weighted by Gasteiger charge is 2.34. The normalized spacial score (nSPS) is 22.2. The smallest absolute Gasteiger partial charge is 0.335 e. The monoisotopic (exact) mass is 276 g/mol. The zero-order chi connectivity index (χ0) is 14.5. The van der Waals surface area contributed by atoms with E-state index in [4.69, 9.17) is 4.74 Å². The molecule has 1 aliphatic rings. The summed E-state index contributed by atoms with van der Waals surface area (Å²) in [7, 11) is 0. The Balaban J connectivity index is 2.33. The summed E-state index contributed by atoms with van der Waals surface area (Å²) in [6.45, 7) is 2.16. The van der Waals surface area contributed by atoms with Crippen molar-refractivity contribution >= 4 is 11.9 Å². The maximum Gasteiger partial charge on any atom is 0.335 e. The molecule has 108 valence electrons. The minimum atomic E-state index is -0.936. The topological polar surface area (TPSA) is 63.6 Å². The van der Waals surface area contributed by atoms with E-state index in [1.165, 1.54) is 0 Å². The number of carboxylic acid groups (broad SMARTS) is 1. The van der Waals surface area contributed by atoms with Gasteiger partial charge >= 0.3 is 11.9 Å². The molecule has 2 unspecified atom stereocenters. The lowest BCUT2D eigenvalue weighted by atomic mass is 9.74. The first-order chi connectivity index (χ1) is 9.65. The van der Waals surface area contributed by atoms with Crippen molar-refractivity contribution in [1.29, 1.82) is 0 Å². The Morgan fingerprint density at radius 2 is 1.95 bits per heavy atom. The number of benzene rings is 1. The molecular weight excluding hydrogens is 256 g/mol. The summed E-state index contributed by atoms with van der Waals surface area (Å²) >= 11 is 0. The second kappa shape index (κ2) is 6.55. The molecule has 0 spiro atoms. The molecule has 2 atom stereocenters. The number of aromatic carboxylic acids is 1. The molecule has 4 heteroatoms. The number of carboxylic acids is 1. The van der Waals surface area contributed by atoms with Crippen LogP contribution in [0.2, 0.25) is 0 Å². The van der Waals surface area contributed by atoms with Crippen LogP contribution in [0.1, 0.15) is 54.4 Å². The summed E-state index contributed by atoms with van der Waals surface area (Å²) < 4.78 is 5.15. The fraction of sp³-hybridized carbons (Fsp3) is 0.500. The summed E-state index contributed by atoms with van der Waals surface area (Å²) in [6, 6.07) is 6.98. The van der Waals surface area contributed by atoms with Crippen LogP contribution in [-0.2, 0) is 9.53 Å². The Kier molecular flexibility index (Phi) is 4.77. The quantitative estimate of drug-likeness (QED) is 0.858. The lowest BCUT2D eigenvalue weighted by Gasteiger charge is -2.31. The van der Waals surface area contributed by atoms with Gasteiger partial charge in [0, 0.05) is 0 Å². The van der Waals surface area contributed by atoms with Crippen LogP contribution < -0.4 is 0 Å². The molecule has 4 nitrogen and oxygen atoms in total.